The van der Waals surface area contributed by atoms with Crippen molar-refractivity contribution in [3.8, 4) is 5.75 Å². The van der Waals surface area contributed by atoms with Crippen LogP contribution in [0.3, 0.4) is 0 Å². The third kappa shape index (κ3) is 4.96. The Hall–Kier alpha value is -2.58. The normalized spacial score (nSPS) is 14.4. The maximum absolute atomic E-state index is 11.9. The zero-order valence-corrected chi connectivity index (χ0v) is 15.4. The van der Waals surface area contributed by atoms with E-state index in [-0.39, 0.29) is 12.5 Å². The van der Waals surface area contributed by atoms with Crippen molar-refractivity contribution in [2.24, 2.45) is 5.10 Å². The first-order valence-corrected chi connectivity index (χ1v) is 9.19. The molecule has 1 aliphatic rings. The van der Waals surface area contributed by atoms with Crippen LogP contribution in [0.2, 0.25) is 0 Å². The Morgan fingerprint density at radius 2 is 2.12 bits per heavy atom. The predicted molar refractivity (Wildman–Crippen MR) is 105 cm³/mol. The number of ether oxygens (including phenoxy) is 2. The third-order valence-electron chi connectivity index (χ3n) is 3.86. The smallest absolute Gasteiger partial charge is 0.259 e. The summed E-state index contributed by atoms with van der Waals surface area (Å²) in [5.41, 5.74) is 3.29. The van der Waals surface area contributed by atoms with E-state index in [1.807, 2.05) is 30.3 Å². The Kier molecular flexibility index (Phi) is 6.45. The van der Waals surface area contributed by atoms with Crippen molar-refractivity contribution in [3.05, 3.63) is 41.3 Å². The molecule has 1 aliphatic heterocycles. The average molecular weight is 374 g/mol. The van der Waals surface area contributed by atoms with Gasteiger partial charge in [-0.25, -0.2) is 5.43 Å². The molecule has 3 rings (SSSR count). The zero-order chi connectivity index (χ0) is 18.2. The van der Waals surface area contributed by atoms with Gasteiger partial charge in [-0.15, -0.1) is 11.3 Å². The van der Waals surface area contributed by atoms with Crippen LogP contribution < -0.4 is 20.4 Å². The summed E-state index contributed by atoms with van der Waals surface area (Å²) in [5.74, 6) is 0.468. The highest BCUT2D eigenvalue weighted by atomic mass is 32.1. The van der Waals surface area contributed by atoms with Gasteiger partial charge in [0.05, 0.1) is 43.8 Å². The van der Waals surface area contributed by atoms with Gasteiger partial charge in [0.25, 0.3) is 5.91 Å². The standard InChI is InChI=1S/C18H22N4O3S/c1-24-16-5-3-2-4-15(16)19-13-17(23)21-20-12-14-6-7-18(26-14)22-8-10-25-11-9-22/h2-7,12,19H,8-11,13H2,1H3,(H,21,23). The lowest BCUT2D eigenvalue weighted by molar-refractivity contribution is -0.119. The molecule has 0 saturated carbocycles. The van der Waals surface area contributed by atoms with Gasteiger partial charge in [0, 0.05) is 18.0 Å². The third-order valence-corrected chi connectivity index (χ3v) is 4.94. The van der Waals surface area contributed by atoms with E-state index in [1.165, 1.54) is 5.00 Å². The second-order valence-corrected chi connectivity index (χ2v) is 6.72. The molecule has 2 heterocycles. The minimum atomic E-state index is -0.225. The number of amides is 1. The molecule has 1 aromatic heterocycles. The lowest BCUT2D eigenvalue weighted by Gasteiger charge is -2.27. The summed E-state index contributed by atoms with van der Waals surface area (Å²) in [7, 11) is 1.59. The van der Waals surface area contributed by atoms with Gasteiger partial charge in [-0.05, 0) is 24.3 Å². The van der Waals surface area contributed by atoms with Crippen molar-refractivity contribution in [1.82, 2.24) is 5.43 Å². The number of anilines is 2. The van der Waals surface area contributed by atoms with E-state index >= 15 is 0 Å². The first-order valence-electron chi connectivity index (χ1n) is 8.37. The number of benzene rings is 1. The van der Waals surface area contributed by atoms with Crippen molar-refractivity contribution in [2.45, 2.75) is 0 Å². The second-order valence-electron chi connectivity index (χ2n) is 5.62. The number of hydrogen-bond acceptors (Lipinski definition) is 7. The van der Waals surface area contributed by atoms with Gasteiger partial charge in [-0.2, -0.15) is 5.10 Å². The Labute approximate surface area is 156 Å². The van der Waals surface area contributed by atoms with E-state index in [9.17, 15) is 4.79 Å². The molecule has 1 saturated heterocycles. The fraction of sp³-hybridized carbons (Fsp3) is 0.333. The second kappa shape index (κ2) is 9.21. The molecule has 0 radical (unpaired) electrons. The Balaban J connectivity index is 1.46. The van der Waals surface area contributed by atoms with Crippen molar-refractivity contribution in [2.75, 3.05) is 50.2 Å². The number of nitrogens with one attached hydrogen (secondary N) is 2. The number of thiophene rings is 1. The van der Waals surface area contributed by atoms with Crippen molar-refractivity contribution < 1.29 is 14.3 Å². The van der Waals surface area contributed by atoms with Crippen LogP contribution in [0, 0.1) is 0 Å². The number of rotatable bonds is 7. The van der Waals surface area contributed by atoms with E-state index in [0.29, 0.717) is 5.75 Å². The number of carbonyl (C=O) groups excluding carboxylic acids is 1. The number of para-hydroxylation sites is 2. The van der Waals surface area contributed by atoms with E-state index < -0.39 is 0 Å². The zero-order valence-electron chi connectivity index (χ0n) is 14.6. The monoisotopic (exact) mass is 374 g/mol. The molecule has 7 nitrogen and oxygen atoms in total. The van der Waals surface area contributed by atoms with Crippen LogP contribution in [0.1, 0.15) is 4.88 Å². The molecule has 138 valence electrons. The van der Waals surface area contributed by atoms with Crippen molar-refractivity contribution in [3.63, 3.8) is 0 Å². The molecule has 26 heavy (non-hydrogen) atoms. The summed E-state index contributed by atoms with van der Waals surface area (Å²) >= 11 is 1.64. The van der Waals surface area contributed by atoms with Gasteiger partial charge in [0.1, 0.15) is 5.75 Å². The summed E-state index contributed by atoms with van der Waals surface area (Å²) in [4.78, 5) is 15.2. The van der Waals surface area contributed by atoms with Gasteiger partial charge >= 0.3 is 0 Å². The molecule has 2 N–H and O–H groups in total. The molecule has 2 aromatic rings. The van der Waals surface area contributed by atoms with Crippen LogP contribution >= 0.6 is 11.3 Å². The lowest BCUT2D eigenvalue weighted by atomic mass is 10.3. The molecule has 0 atom stereocenters. The molecule has 1 amide bonds. The Bertz CT molecular complexity index is 756. The highest BCUT2D eigenvalue weighted by Gasteiger charge is 2.12. The van der Waals surface area contributed by atoms with E-state index in [2.05, 4.69) is 26.8 Å². The Morgan fingerprint density at radius 1 is 1.31 bits per heavy atom. The number of hydrazone groups is 1. The van der Waals surface area contributed by atoms with Crippen LogP contribution in [0.25, 0.3) is 0 Å². The SMILES string of the molecule is COc1ccccc1NCC(=O)NN=Cc1ccc(N2CCOCC2)s1. The summed E-state index contributed by atoms with van der Waals surface area (Å²) in [6, 6.07) is 11.5. The molecule has 0 bridgehead atoms. The topological polar surface area (TPSA) is 75.2 Å². The first kappa shape index (κ1) is 18.2. The number of hydrogen-bond donors (Lipinski definition) is 2. The van der Waals surface area contributed by atoms with Crippen LogP contribution in [0.5, 0.6) is 5.75 Å². The molecule has 1 aromatic carbocycles. The number of morpholine rings is 1. The maximum atomic E-state index is 11.9. The molecule has 0 aliphatic carbocycles. The summed E-state index contributed by atoms with van der Waals surface area (Å²) in [5, 5.41) is 8.25. The van der Waals surface area contributed by atoms with Gasteiger partial charge in [-0.1, -0.05) is 12.1 Å². The molecule has 0 unspecified atom stereocenters. The molecule has 8 heteroatoms. The van der Waals surface area contributed by atoms with Gasteiger partial charge in [-0.3, -0.25) is 4.79 Å². The highest BCUT2D eigenvalue weighted by molar-refractivity contribution is 7.17. The van der Waals surface area contributed by atoms with Crippen molar-refractivity contribution in [1.29, 1.82) is 0 Å². The Morgan fingerprint density at radius 3 is 2.92 bits per heavy atom. The molecular formula is C18H22N4O3S. The number of methoxy groups -OCH3 is 1. The van der Waals surface area contributed by atoms with E-state index in [0.717, 1.165) is 36.9 Å². The summed E-state index contributed by atoms with van der Waals surface area (Å²) < 4.78 is 10.6. The maximum Gasteiger partial charge on any atom is 0.259 e. The van der Waals surface area contributed by atoms with Crippen LogP contribution in [0.15, 0.2) is 41.5 Å². The first-order chi connectivity index (χ1) is 12.8. The summed E-state index contributed by atoms with van der Waals surface area (Å²) in [6.45, 7) is 3.44. The fourth-order valence-electron chi connectivity index (χ4n) is 2.54. The van der Waals surface area contributed by atoms with Crippen LogP contribution in [-0.2, 0) is 9.53 Å². The lowest BCUT2D eigenvalue weighted by Crippen LogP contribution is -2.35. The summed E-state index contributed by atoms with van der Waals surface area (Å²) in [6.07, 6.45) is 1.66. The molecule has 0 spiro atoms. The number of carbonyl (C=O) groups is 1. The molecule has 1 fully saturated rings. The van der Waals surface area contributed by atoms with Gasteiger partial charge in [0.15, 0.2) is 0 Å². The van der Waals surface area contributed by atoms with Gasteiger partial charge < -0.3 is 19.7 Å². The van der Waals surface area contributed by atoms with Crippen LogP contribution in [0.4, 0.5) is 10.7 Å². The number of nitrogens with zero attached hydrogens (tertiary/aromatic N) is 2. The van der Waals surface area contributed by atoms with E-state index in [4.69, 9.17) is 9.47 Å². The van der Waals surface area contributed by atoms with Crippen molar-refractivity contribution >= 4 is 34.1 Å². The largest absolute Gasteiger partial charge is 0.495 e. The average Bonchev–Trinajstić information content (AvgIpc) is 3.16. The predicted octanol–water partition coefficient (Wildman–Crippen LogP) is 2.16. The van der Waals surface area contributed by atoms with Crippen LogP contribution in [-0.4, -0.2) is 52.1 Å². The minimum absolute atomic E-state index is 0.112. The molecular weight excluding hydrogens is 352 g/mol. The minimum Gasteiger partial charge on any atom is -0.495 e. The van der Waals surface area contributed by atoms with E-state index in [1.54, 1.807) is 24.7 Å². The van der Waals surface area contributed by atoms with Gasteiger partial charge in [0.2, 0.25) is 0 Å². The fourth-order valence-corrected chi connectivity index (χ4v) is 3.47. The highest BCUT2D eigenvalue weighted by Crippen LogP contribution is 2.25. The quantitative estimate of drug-likeness (QED) is 0.574.